The Balaban J connectivity index is -0.000000313. The number of unbranched alkanes of at least 4 members (excludes halogenated alkanes) is 27. The van der Waals surface area contributed by atoms with Crippen molar-refractivity contribution in [3.05, 3.63) is 73.6 Å². The maximum Gasteiger partial charge on any atom is 0.333 e. The van der Waals surface area contributed by atoms with Gasteiger partial charge in [0.1, 0.15) is 5.76 Å². The molecule has 12 nitrogen and oxygen atoms in total. The van der Waals surface area contributed by atoms with Crippen LogP contribution >= 0.6 is 0 Å². The van der Waals surface area contributed by atoms with Crippen molar-refractivity contribution < 1.29 is 57.2 Å². The summed E-state index contributed by atoms with van der Waals surface area (Å²) in [6.45, 7) is 41.1. The molecule has 0 amide bonds. The molecule has 0 bridgehead atoms. The fourth-order valence-corrected chi connectivity index (χ4v) is 8.16. The third-order valence-corrected chi connectivity index (χ3v) is 14.2. The van der Waals surface area contributed by atoms with Gasteiger partial charge in [-0.2, -0.15) is 0 Å². The van der Waals surface area contributed by atoms with E-state index in [0.717, 1.165) is 102 Å². The lowest BCUT2D eigenvalue weighted by atomic mass is 10.0. The molecule has 1 atom stereocenters. The summed E-state index contributed by atoms with van der Waals surface area (Å²) in [4.78, 5) is 65.4. The lowest BCUT2D eigenvalue weighted by Gasteiger charge is -2.11. The minimum atomic E-state index is -0.305. The zero-order valence-corrected chi connectivity index (χ0v) is 58.3. The molecule has 1 unspecified atom stereocenters. The fraction of sp³-hybridized carbons (Fsp3) is 0.760. The first-order chi connectivity index (χ1) is 42.0. The van der Waals surface area contributed by atoms with Gasteiger partial charge in [0.05, 0.1) is 33.0 Å². The topological polar surface area (TPSA) is 158 Å². The third kappa shape index (κ3) is 77.3. The highest BCUT2D eigenvalue weighted by atomic mass is 16.6. The first kappa shape index (κ1) is 91.0. The maximum atomic E-state index is 11.3. The van der Waals surface area contributed by atoms with Crippen molar-refractivity contribution in [1.29, 1.82) is 0 Å². The van der Waals surface area contributed by atoms with E-state index < -0.39 is 0 Å². The van der Waals surface area contributed by atoms with Crippen molar-refractivity contribution in [3.8, 4) is 0 Å². The first-order valence-electron chi connectivity index (χ1n) is 35.0. The average Bonchev–Trinajstić information content (AvgIpc) is 3.54. The molecule has 0 saturated carbocycles. The summed E-state index contributed by atoms with van der Waals surface area (Å²) in [5.74, 6) is 0.0623. The largest absolute Gasteiger partial charge is 0.463 e. The van der Waals surface area contributed by atoms with Crippen molar-refractivity contribution >= 4 is 35.8 Å². The molecule has 508 valence electrons. The second kappa shape index (κ2) is 75.5. The van der Waals surface area contributed by atoms with Gasteiger partial charge in [-0.15, -0.1) is 0 Å². The van der Waals surface area contributed by atoms with Crippen LogP contribution in [0, 0.1) is 5.92 Å². The second-order valence-corrected chi connectivity index (χ2v) is 22.8. The molecule has 87 heavy (non-hydrogen) atoms. The highest BCUT2D eigenvalue weighted by Crippen LogP contribution is 2.19. The smallest absolute Gasteiger partial charge is 0.333 e. The van der Waals surface area contributed by atoms with Crippen LogP contribution in [-0.4, -0.2) is 68.9 Å². The number of hydrogen-bond acceptors (Lipinski definition) is 12. The predicted octanol–water partition coefficient (Wildman–Crippen LogP) is 21.9. The Labute approximate surface area is 535 Å². The summed E-state index contributed by atoms with van der Waals surface area (Å²) >= 11 is 0. The van der Waals surface area contributed by atoms with Gasteiger partial charge in [-0.1, -0.05) is 288 Å². The predicted molar refractivity (Wildman–Crippen MR) is 366 cm³/mol. The van der Waals surface area contributed by atoms with Crippen LogP contribution < -0.4 is 0 Å². The molecule has 1 rings (SSSR count). The molecule has 0 fully saturated rings. The van der Waals surface area contributed by atoms with Crippen LogP contribution in [0.3, 0.4) is 0 Å². The van der Waals surface area contributed by atoms with Gasteiger partial charge < -0.3 is 28.4 Å². The summed E-state index contributed by atoms with van der Waals surface area (Å²) in [6.07, 6.45) is 52.9. The van der Waals surface area contributed by atoms with E-state index in [1.165, 1.54) is 186 Å². The lowest BCUT2D eigenvalue weighted by Crippen LogP contribution is -2.09. The Hall–Kier alpha value is -4.74. The normalized spacial score (nSPS) is 11.0. The van der Waals surface area contributed by atoms with Crippen molar-refractivity contribution in [1.82, 2.24) is 0 Å². The highest BCUT2D eigenvalue weighted by Gasteiger charge is 2.10. The van der Waals surface area contributed by atoms with E-state index in [4.69, 9.17) is 28.4 Å². The summed E-state index contributed by atoms with van der Waals surface area (Å²) in [6, 6.07) is 0. The molecule has 0 N–H and O–H groups in total. The number of esters is 6. The van der Waals surface area contributed by atoms with E-state index in [2.05, 4.69) is 74.4 Å². The van der Waals surface area contributed by atoms with E-state index in [0.29, 0.717) is 56.2 Å². The maximum absolute atomic E-state index is 11.3. The van der Waals surface area contributed by atoms with Gasteiger partial charge in [0.2, 0.25) is 0 Å². The molecule has 0 spiro atoms. The molecule has 0 radical (unpaired) electrons. The zero-order chi connectivity index (χ0) is 66.2. The molecule has 0 aromatic heterocycles. The van der Waals surface area contributed by atoms with Gasteiger partial charge >= 0.3 is 35.8 Å². The minimum Gasteiger partial charge on any atom is -0.463 e. The van der Waals surface area contributed by atoms with E-state index >= 15 is 0 Å². The van der Waals surface area contributed by atoms with Crippen LogP contribution in [0.15, 0.2) is 73.6 Å². The number of carbonyl (C=O) groups is 6. The van der Waals surface area contributed by atoms with Gasteiger partial charge in [-0.3, -0.25) is 4.79 Å². The molecule has 1 aliphatic rings. The van der Waals surface area contributed by atoms with Crippen LogP contribution in [0.5, 0.6) is 0 Å². The van der Waals surface area contributed by atoms with E-state index in [1.807, 2.05) is 26.8 Å². The Bertz CT molecular complexity index is 1710. The fourth-order valence-electron chi connectivity index (χ4n) is 8.16. The highest BCUT2D eigenvalue weighted by molar-refractivity contribution is 5.88. The summed E-state index contributed by atoms with van der Waals surface area (Å²) in [5.41, 5.74) is 1.77. The molecule has 0 aromatic rings. The zero-order valence-electron chi connectivity index (χ0n) is 58.3. The standard InChI is InChI=1S/C17H32O2.C15H28O2.2C13H24O2.C11H20O2.C6H8O2/c1-3-5-6-7-8-9-10-11-12-13-14-15-16-19-17(18)4-2;1-3-5-6-7-8-9-10-11-12-13-14-17-15(16)4-2;1-5-8-12(4)13(14)15-10-7-9-11(3)6-2;1-4-6-7-8-9-11-15-13(14)12(3)10-5-2;1-4-6-7-8-9-13-11(12)10(3)5-2;1-5(7)8-6-3-2-4-6/h4H,2-3,5-16H2,1H3;4H,2-3,5-14H2,1H3;11H,4-10H2,1-3H3;3-11H2,1-2H3;3-9H2,1-2H3;3H,2,4H2,1H3. The number of rotatable bonds is 51. The van der Waals surface area contributed by atoms with Crippen molar-refractivity contribution in [2.45, 2.75) is 332 Å². The average molecular weight is 1230 g/mol. The molecule has 0 heterocycles. The molecule has 0 aromatic carbocycles. The van der Waals surface area contributed by atoms with Gasteiger partial charge in [0.25, 0.3) is 0 Å². The quantitative estimate of drug-likeness (QED) is 0.0246. The Kier molecular flexibility index (Phi) is 79.0. The van der Waals surface area contributed by atoms with Crippen molar-refractivity contribution in [2.75, 3.05) is 33.0 Å². The van der Waals surface area contributed by atoms with Gasteiger partial charge in [0.15, 0.2) is 0 Å². The first-order valence-corrected chi connectivity index (χ1v) is 35.0. The Morgan fingerprint density at radius 3 is 0.931 bits per heavy atom. The Morgan fingerprint density at radius 2 is 0.690 bits per heavy atom. The molecule has 1 aliphatic carbocycles. The monoisotopic (exact) mass is 1230 g/mol. The van der Waals surface area contributed by atoms with E-state index in [9.17, 15) is 28.8 Å². The SMILES string of the molecule is C=C(CC)C(=O)OCCCCCC.C=C(CCC)C(=O)OCCCC(C)CC.C=C(CCC)C(=O)OCCCCCCC.C=CC(=O)OCCCCCCCCCCCC.C=CC(=O)OCCCCCCCCCCCCCC.CC(=O)OC1=CCC1. The molecular weight excluding hydrogens is 1090 g/mol. The van der Waals surface area contributed by atoms with Crippen LogP contribution in [0.2, 0.25) is 0 Å². The van der Waals surface area contributed by atoms with E-state index in [-0.39, 0.29) is 35.8 Å². The molecular formula is C75H136O12. The lowest BCUT2D eigenvalue weighted by molar-refractivity contribution is -0.140. The van der Waals surface area contributed by atoms with Crippen LogP contribution in [0.25, 0.3) is 0 Å². The number of allylic oxidation sites excluding steroid dienone is 2. The van der Waals surface area contributed by atoms with Gasteiger partial charge in [0, 0.05) is 42.2 Å². The van der Waals surface area contributed by atoms with Crippen LogP contribution in [0.4, 0.5) is 0 Å². The second-order valence-electron chi connectivity index (χ2n) is 22.8. The van der Waals surface area contributed by atoms with Crippen LogP contribution in [0.1, 0.15) is 332 Å². The Morgan fingerprint density at radius 1 is 0.414 bits per heavy atom. The summed E-state index contributed by atoms with van der Waals surface area (Å²) in [5, 5.41) is 0. The number of ether oxygens (including phenoxy) is 6. The molecule has 0 saturated heterocycles. The molecule has 0 aliphatic heterocycles. The summed E-state index contributed by atoms with van der Waals surface area (Å²) < 4.78 is 29.8. The van der Waals surface area contributed by atoms with E-state index in [1.54, 1.807) is 0 Å². The number of carbonyl (C=O) groups excluding carboxylic acids is 6. The van der Waals surface area contributed by atoms with Crippen molar-refractivity contribution in [3.63, 3.8) is 0 Å². The molecule has 12 heteroatoms. The number of hydrogen-bond donors (Lipinski definition) is 0. The van der Waals surface area contributed by atoms with Crippen molar-refractivity contribution in [2.24, 2.45) is 5.92 Å². The third-order valence-electron chi connectivity index (χ3n) is 14.2. The van der Waals surface area contributed by atoms with Gasteiger partial charge in [-0.05, 0) is 76.2 Å². The summed E-state index contributed by atoms with van der Waals surface area (Å²) in [7, 11) is 0. The van der Waals surface area contributed by atoms with Gasteiger partial charge in [-0.25, -0.2) is 24.0 Å². The minimum absolute atomic E-state index is 0.212. The van der Waals surface area contributed by atoms with Crippen LogP contribution in [-0.2, 0) is 57.2 Å².